The number of aromatic nitrogens is 1. The number of rotatable bonds is 6. The van der Waals surface area contributed by atoms with Crippen LogP contribution in [0.15, 0.2) is 24.4 Å². The van der Waals surface area contributed by atoms with Crippen molar-refractivity contribution in [3.63, 3.8) is 0 Å². The third-order valence-electron chi connectivity index (χ3n) is 3.58. The fourth-order valence-corrected chi connectivity index (χ4v) is 2.48. The van der Waals surface area contributed by atoms with Gasteiger partial charge in [-0.25, -0.2) is 0 Å². The quantitative estimate of drug-likeness (QED) is 0.768. The Hall–Kier alpha value is -1.81. The summed E-state index contributed by atoms with van der Waals surface area (Å²) in [5, 5.41) is 1.36. The summed E-state index contributed by atoms with van der Waals surface area (Å²) >= 11 is 5.97. The van der Waals surface area contributed by atoms with E-state index in [2.05, 4.69) is 6.92 Å². The molecule has 1 aromatic carbocycles. The third kappa shape index (κ3) is 3.45. The van der Waals surface area contributed by atoms with Crippen molar-refractivity contribution in [2.45, 2.75) is 26.3 Å². The van der Waals surface area contributed by atoms with Gasteiger partial charge in [0.25, 0.3) is 0 Å². The fraction of sp³-hybridized carbons (Fsp3) is 0.375. The van der Waals surface area contributed by atoms with Crippen molar-refractivity contribution < 1.29 is 9.59 Å². The molecule has 0 aliphatic carbocycles. The van der Waals surface area contributed by atoms with Crippen LogP contribution in [-0.4, -0.2) is 35.3 Å². The molecule has 0 aliphatic rings. The van der Waals surface area contributed by atoms with Gasteiger partial charge in [-0.05, 0) is 24.6 Å². The molecule has 4 nitrogen and oxygen atoms in total. The maximum atomic E-state index is 12.2. The first kappa shape index (κ1) is 15.6. The van der Waals surface area contributed by atoms with Gasteiger partial charge in [0, 0.05) is 41.3 Å². The number of fused-ring (bicyclic) bond motifs is 1. The zero-order valence-corrected chi connectivity index (χ0v) is 13.1. The molecule has 1 heterocycles. The van der Waals surface area contributed by atoms with Crippen LogP contribution in [0, 0.1) is 0 Å². The van der Waals surface area contributed by atoms with E-state index in [-0.39, 0.29) is 12.5 Å². The molecule has 0 saturated carbocycles. The van der Waals surface area contributed by atoms with Crippen molar-refractivity contribution in [2.24, 2.45) is 0 Å². The standard InChI is InChI=1S/C16H19ClN2O2/c1-3-4-7-18(2)16(21)10-19-9-12(11-20)14-8-13(17)5-6-15(14)19/h5-6,8-9,11H,3-4,7,10H2,1-2H3. The zero-order valence-electron chi connectivity index (χ0n) is 12.3. The molecule has 0 aliphatic heterocycles. The molecule has 0 unspecified atom stereocenters. The van der Waals surface area contributed by atoms with E-state index in [9.17, 15) is 9.59 Å². The summed E-state index contributed by atoms with van der Waals surface area (Å²) < 4.78 is 1.81. The summed E-state index contributed by atoms with van der Waals surface area (Å²) in [6.45, 7) is 3.07. The summed E-state index contributed by atoms with van der Waals surface area (Å²) in [7, 11) is 1.81. The molecule has 2 aromatic rings. The third-order valence-corrected chi connectivity index (χ3v) is 3.81. The second-order valence-electron chi connectivity index (χ2n) is 5.16. The molecular weight excluding hydrogens is 288 g/mol. The lowest BCUT2D eigenvalue weighted by Gasteiger charge is -2.17. The number of unbranched alkanes of at least 4 members (excludes halogenated alkanes) is 1. The number of halogens is 1. The van der Waals surface area contributed by atoms with Crippen LogP contribution in [0.3, 0.4) is 0 Å². The highest BCUT2D eigenvalue weighted by Gasteiger charge is 2.13. The molecule has 5 heteroatoms. The Morgan fingerprint density at radius 2 is 2.19 bits per heavy atom. The van der Waals surface area contributed by atoms with Crippen LogP contribution in [0.2, 0.25) is 5.02 Å². The van der Waals surface area contributed by atoms with Gasteiger partial charge >= 0.3 is 0 Å². The lowest BCUT2D eigenvalue weighted by atomic mass is 10.2. The van der Waals surface area contributed by atoms with Gasteiger partial charge in [-0.15, -0.1) is 0 Å². The Morgan fingerprint density at radius 3 is 2.86 bits per heavy atom. The summed E-state index contributed by atoms with van der Waals surface area (Å²) in [5.41, 5.74) is 1.40. The van der Waals surface area contributed by atoms with E-state index < -0.39 is 0 Å². The van der Waals surface area contributed by atoms with Crippen LogP contribution >= 0.6 is 11.6 Å². The summed E-state index contributed by atoms with van der Waals surface area (Å²) in [4.78, 5) is 25.1. The number of likely N-dealkylation sites (N-methyl/N-ethyl adjacent to an activating group) is 1. The molecule has 0 fully saturated rings. The van der Waals surface area contributed by atoms with Crippen molar-refractivity contribution in [3.8, 4) is 0 Å². The van der Waals surface area contributed by atoms with E-state index in [1.807, 2.05) is 6.07 Å². The molecule has 0 saturated heterocycles. The van der Waals surface area contributed by atoms with Gasteiger partial charge in [0.1, 0.15) is 6.54 Å². The Morgan fingerprint density at radius 1 is 1.43 bits per heavy atom. The van der Waals surface area contributed by atoms with Crippen LogP contribution in [0.25, 0.3) is 10.9 Å². The molecule has 1 amide bonds. The van der Waals surface area contributed by atoms with Gasteiger partial charge in [-0.1, -0.05) is 24.9 Å². The fourth-order valence-electron chi connectivity index (χ4n) is 2.31. The average molecular weight is 307 g/mol. The topological polar surface area (TPSA) is 42.3 Å². The van der Waals surface area contributed by atoms with E-state index in [0.29, 0.717) is 10.6 Å². The second kappa shape index (κ2) is 6.76. The Bertz CT molecular complexity index is 664. The molecule has 0 radical (unpaired) electrons. The largest absolute Gasteiger partial charge is 0.344 e. The SMILES string of the molecule is CCCCN(C)C(=O)Cn1cc(C=O)c2cc(Cl)ccc21. The average Bonchev–Trinajstić information content (AvgIpc) is 2.81. The van der Waals surface area contributed by atoms with Gasteiger partial charge in [0.2, 0.25) is 5.91 Å². The highest BCUT2D eigenvalue weighted by Crippen LogP contribution is 2.24. The molecule has 2 rings (SSSR count). The van der Waals surface area contributed by atoms with Crippen LogP contribution in [0.5, 0.6) is 0 Å². The van der Waals surface area contributed by atoms with Crippen LogP contribution in [0.4, 0.5) is 0 Å². The Kier molecular flexibility index (Phi) is 5.02. The van der Waals surface area contributed by atoms with E-state index in [4.69, 9.17) is 11.6 Å². The lowest BCUT2D eigenvalue weighted by Crippen LogP contribution is -2.30. The minimum Gasteiger partial charge on any atom is -0.344 e. The number of aldehydes is 1. The second-order valence-corrected chi connectivity index (χ2v) is 5.60. The maximum Gasteiger partial charge on any atom is 0.242 e. The molecule has 1 aromatic heterocycles. The highest BCUT2D eigenvalue weighted by atomic mass is 35.5. The van der Waals surface area contributed by atoms with Gasteiger partial charge in [-0.2, -0.15) is 0 Å². The summed E-state index contributed by atoms with van der Waals surface area (Å²) in [6.07, 6.45) is 4.54. The number of carbonyl (C=O) groups is 2. The lowest BCUT2D eigenvalue weighted by molar-refractivity contribution is -0.130. The molecule has 0 bridgehead atoms. The van der Waals surface area contributed by atoms with E-state index in [1.54, 1.807) is 34.8 Å². The van der Waals surface area contributed by atoms with Crippen molar-refractivity contribution in [2.75, 3.05) is 13.6 Å². The van der Waals surface area contributed by atoms with Gasteiger partial charge in [-0.3, -0.25) is 9.59 Å². The summed E-state index contributed by atoms with van der Waals surface area (Å²) in [5.74, 6) is 0.0350. The van der Waals surface area contributed by atoms with Crippen LogP contribution in [-0.2, 0) is 11.3 Å². The monoisotopic (exact) mass is 306 g/mol. The van der Waals surface area contributed by atoms with Crippen LogP contribution < -0.4 is 0 Å². The highest BCUT2D eigenvalue weighted by molar-refractivity contribution is 6.31. The number of benzene rings is 1. The Labute approximate surface area is 129 Å². The predicted octanol–water partition coefficient (Wildman–Crippen LogP) is 3.37. The predicted molar refractivity (Wildman–Crippen MR) is 84.9 cm³/mol. The molecule has 21 heavy (non-hydrogen) atoms. The Balaban J connectivity index is 2.26. The first-order chi connectivity index (χ1) is 10.1. The summed E-state index contributed by atoms with van der Waals surface area (Å²) in [6, 6.07) is 5.35. The van der Waals surface area contributed by atoms with E-state index >= 15 is 0 Å². The smallest absolute Gasteiger partial charge is 0.242 e. The minimum absolute atomic E-state index is 0.0350. The van der Waals surface area contributed by atoms with Crippen molar-refractivity contribution >= 4 is 34.7 Å². The number of carbonyl (C=O) groups excluding carboxylic acids is 2. The molecule has 0 spiro atoms. The maximum absolute atomic E-state index is 12.2. The molecular formula is C16H19ClN2O2. The van der Waals surface area contributed by atoms with E-state index in [0.717, 1.165) is 36.6 Å². The van der Waals surface area contributed by atoms with Crippen molar-refractivity contribution in [1.29, 1.82) is 0 Å². The van der Waals surface area contributed by atoms with Gasteiger partial charge < -0.3 is 9.47 Å². The number of hydrogen-bond donors (Lipinski definition) is 0. The minimum atomic E-state index is 0.0350. The number of nitrogens with zero attached hydrogens (tertiary/aromatic N) is 2. The first-order valence-corrected chi connectivity index (χ1v) is 7.42. The van der Waals surface area contributed by atoms with Gasteiger partial charge in [0.15, 0.2) is 6.29 Å². The van der Waals surface area contributed by atoms with Gasteiger partial charge in [0.05, 0.1) is 0 Å². The molecule has 0 N–H and O–H groups in total. The molecule has 112 valence electrons. The number of hydrogen-bond acceptors (Lipinski definition) is 2. The van der Waals surface area contributed by atoms with E-state index in [1.165, 1.54) is 0 Å². The molecule has 0 atom stereocenters. The number of amides is 1. The zero-order chi connectivity index (χ0) is 15.4. The van der Waals surface area contributed by atoms with Crippen LogP contribution in [0.1, 0.15) is 30.1 Å². The van der Waals surface area contributed by atoms with Crippen molar-refractivity contribution in [3.05, 3.63) is 35.0 Å². The van der Waals surface area contributed by atoms with Crippen molar-refractivity contribution in [1.82, 2.24) is 9.47 Å². The first-order valence-electron chi connectivity index (χ1n) is 7.04. The normalized spacial score (nSPS) is 10.8.